The molecule has 1 rings (SSSR count). The third-order valence-corrected chi connectivity index (χ3v) is 4.73. The zero-order chi connectivity index (χ0) is 19.8. The lowest BCUT2D eigenvalue weighted by Gasteiger charge is -2.40. The molecule has 2 amide bonds. The third-order valence-electron chi connectivity index (χ3n) is 4.51. The molecule has 1 aromatic rings. The van der Waals surface area contributed by atoms with Crippen molar-refractivity contribution in [3.8, 4) is 5.75 Å². The standard InChI is InChI=1S/C18H27ClN2O5/c1-17(2,13-22)18(25,16(20)24)8-9-21(15(23)12-19)10-11-26-14-6-4-3-5-7-14/h3-7,22,25H,8-13H2,1-2H3,(H2,20,24)/t18-/m0/s1. The Bertz CT molecular complexity index is 597. The maximum absolute atomic E-state index is 12.1. The van der Waals surface area contributed by atoms with Gasteiger partial charge in [-0.25, -0.2) is 0 Å². The Balaban J connectivity index is 2.74. The number of benzene rings is 1. The average molecular weight is 387 g/mol. The molecule has 0 heterocycles. The predicted molar refractivity (Wildman–Crippen MR) is 98.9 cm³/mol. The van der Waals surface area contributed by atoms with E-state index < -0.39 is 23.5 Å². The van der Waals surface area contributed by atoms with E-state index in [9.17, 15) is 19.8 Å². The van der Waals surface area contributed by atoms with Crippen LogP contribution in [0, 0.1) is 5.41 Å². The van der Waals surface area contributed by atoms with Crippen LogP contribution in [0.5, 0.6) is 5.75 Å². The summed E-state index contributed by atoms with van der Waals surface area (Å²) in [4.78, 5) is 25.2. The van der Waals surface area contributed by atoms with Gasteiger partial charge in [0.2, 0.25) is 11.8 Å². The SMILES string of the molecule is CC(C)(CO)[C@](O)(CCN(CCOc1ccccc1)C(=O)CCl)C(N)=O. The van der Waals surface area contributed by atoms with Crippen LogP contribution in [0.2, 0.25) is 0 Å². The van der Waals surface area contributed by atoms with Crippen LogP contribution >= 0.6 is 11.6 Å². The summed E-state index contributed by atoms with van der Waals surface area (Å²) in [5, 5.41) is 20.2. The van der Waals surface area contributed by atoms with Gasteiger partial charge in [0.05, 0.1) is 13.2 Å². The number of rotatable bonds is 11. The number of halogens is 1. The molecule has 0 aliphatic heterocycles. The second-order valence-electron chi connectivity index (χ2n) is 6.69. The fourth-order valence-electron chi connectivity index (χ4n) is 2.46. The summed E-state index contributed by atoms with van der Waals surface area (Å²) in [6, 6.07) is 9.12. The summed E-state index contributed by atoms with van der Waals surface area (Å²) in [5.41, 5.74) is 2.23. The minimum Gasteiger partial charge on any atom is -0.492 e. The summed E-state index contributed by atoms with van der Waals surface area (Å²) in [7, 11) is 0. The second-order valence-corrected chi connectivity index (χ2v) is 6.96. The second kappa shape index (κ2) is 9.75. The first-order chi connectivity index (χ1) is 12.2. The van der Waals surface area contributed by atoms with E-state index in [1.165, 1.54) is 18.7 Å². The minimum absolute atomic E-state index is 0.0482. The lowest BCUT2D eigenvalue weighted by molar-refractivity contribution is -0.157. The fraction of sp³-hybridized carbons (Fsp3) is 0.556. The molecule has 0 saturated carbocycles. The average Bonchev–Trinajstić information content (AvgIpc) is 2.63. The van der Waals surface area contributed by atoms with Crippen LogP contribution in [0.15, 0.2) is 30.3 Å². The summed E-state index contributed by atoms with van der Waals surface area (Å²) in [6.45, 7) is 3.13. The van der Waals surface area contributed by atoms with Crippen molar-refractivity contribution in [2.24, 2.45) is 11.1 Å². The Morgan fingerprint density at radius 3 is 2.35 bits per heavy atom. The number of hydrogen-bond acceptors (Lipinski definition) is 5. The van der Waals surface area contributed by atoms with Crippen molar-refractivity contribution in [3.63, 3.8) is 0 Å². The number of para-hydroxylation sites is 1. The molecule has 1 atom stereocenters. The van der Waals surface area contributed by atoms with E-state index in [4.69, 9.17) is 22.1 Å². The van der Waals surface area contributed by atoms with Gasteiger partial charge in [-0.2, -0.15) is 0 Å². The summed E-state index contributed by atoms with van der Waals surface area (Å²) >= 11 is 5.65. The molecular formula is C18H27ClN2O5. The topological polar surface area (TPSA) is 113 Å². The van der Waals surface area contributed by atoms with Crippen LogP contribution in [0.3, 0.4) is 0 Å². The number of carbonyl (C=O) groups is 2. The molecule has 4 N–H and O–H groups in total. The number of nitrogens with two attached hydrogens (primary N) is 1. The van der Waals surface area contributed by atoms with Crippen molar-refractivity contribution in [2.75, 3.05) is 32.2 Å². The van der Waals surface area contributed by atoms with Gasteiger partial charge in [0.1, 0.15) is 18.2 Å². The van der Waals surface area contributed by atoms with Gasteiger partial charge in [-0.3, -0.25) is 9.59 Å². The van der Waals surface area contributed by atoms with E-state index in [1.54, 1.807) is 12.1 Å². The highest BCUT2D eigenvalue weighted by atomic mass is 35.5. The maximum atomic E-state index is 12.1. The Hall–Kier alpha value is -1.83. The number of ether oxygens (including phenoxy) is 1. The van der Waals surface area contributed by atoms with Crippen molar-refractivity contribution < 1.29 is 24.5 Å². The molecule has 0 aliphatic carbocycles. The van der Waals surface area contributed by atoms with Crippen LogP contribution in [0.4, 0.5) is 0 Å². The fourth-order valence-corrected chi connectivity index (χ4v) is 2.63. The number of amides is 2. The van der Waals surface area contributed by atoms with Crippen molar-refractivity contribution in [1.29, 1.82) is 0 Å². The molecule has 7 nitrogen and oxygen atoms in total. The first-order valence-electron chi connectivity index (χ1n) is 8.32. The van der Waals surface area contributed by atoms with Gasteiger partial charge >= 0.3 is 0 Å². The van der Waals surface area contributed by atoms with E-state index >= 15 is 0 Å². The van der Waals surface area contributed by atoms with Gasteiger partial charge in [0, 0.05) is 18.4 Å². The quantitative estimate of drug-likeness (QED) is 0.486. The number of aliphatic hydroxyl groups is 2. The molecule has 0 radical (unpaired) electrons. The summed E-state index contributed by atoms with van der Waals surface area (Å²) < 4.78 is 5.57. The highest BCUT2D eigenvalue weighted by Gasteiger charge is 2.48. The van der Waals surface area contributed by atoms with Crippen molar-refractivity contribution in [2.45, 2.75) is 25.9 Å². The summed E-state index contributed by atoms with van der Waals surface area (Å²) in [5.74, 6) is -0.864. The monoisotopic (exact) mass is 386 g/mol. The molecule has 0 aliphatic rings. The molecular weight excluding hydrogens is 360 g/mol. The van der Waals surface area contributed by atoms with Gasteiger partial charge in [0.25, 0.3) is 0 Å². The van der Waals surface area contributed by atoms with E-state index in [2.05, 4.69) is 0 Å². The molecule has 0 spiro atoms. The predicted octanol–water partition coefficient (Wildman–Crippen LogP) is 0.758. The molecule has 26 heavy (non-hydrogen) atoms. The first kappa shape index (κ1) is 22.2. The van der Waals surface area contributed by atoms with Crippen LogP contribution < -0.4 is 10.5 Å². The smallest absolute Gasteiger partial charge is 0.250 e. The number of carbonyl (C=O) groups excluding carboxylic acids is 2. The lowest BCUT2D eigenvalue weighted by Crippen LogP contribution is -2.58. The Morgan fingerprint density at radius 1 is 1.23 bits per heavy atom. The molecule has 146 valence electrons. The summed E-state index contributed by atoms with van der Waals surface area (Å²) in [6.07, 6.45) is -0.121. The van der Waals surface area contributed by atoms with Gasteiger partial charge in [-0.05, 0) is 12.1 Å². The van der Waals surface area contributed by atoms with Crippen LogP contribution in [-0.4, -0.2) is 64.7 Å². The Kier molecular flexibility index (Phi) is 8.33. The van der Waals surface area contributed by atoms with Crippen LogP contribution in [0.1, 0.15) is 20.3 Å². The number of alkyl halides is 1. The number of aliphatic hydroxyl groups excluding tert-OH is 1. The Morgan fingerprint density at radius 2 is 1.85 bits per heavy atom. The van der Waals surface area contributed by atoms with Gasteiger partial charge in [-0.1, -0.05) is 32.0 Å². The number of primary amides is 1. The van der Waals surface area contributed by atoms with Crippen molar-refractivity contribution in [3.05, 3.63) is 30.3 Å². The van der Waals surface area contributed by atoms with Gasteiger partial charge in [0.15, 0.2) is 5.60 Å². The minimum atomic E-state index is -1.97. The first-order valence-corrected chi connectivity index (χ1v) is 8.86. The largest absolute Gasteiger partial charge is 0.492 e. The normalized spacial score (nSPS) is 13.7. The molecule has 0 unspecified atom stereocenters. The lowest BCUT2D eigenvalue weighted by atomic mass is 9.72. The number of hydrogen-bond donors (Lipinski definition) is 3. The highest BCUT2D eigenvalue weighted by molar-refractivity contribution is 6.27. The van der Waals surface area contributed by atoms with Gasteiger partial charge < -0.3 is 25.6 Å². The maximum Gasteiger partial charge on any atom is 0.250 e. The molecule has 0 aromatic heterocycles. The number of nitrogens with zero attached hydrogens (tertiary/aromatic N) is 1. The molecule has 1 aromatic carbocycles. The molecule has 0 saturated heterocycles. The highest BCUT2D eigenvalue weighted by Crippen LogP contribution is 2.33. The van der Waals surface area contributed by atoms with Crippen LogP contribution in [-0.2, 0) is 9.59 Å². The third kappa shape index (κ3) is 5.59. The van der Waals surface area contributed by atoms with E-state index in [-0.39, 0.29) is 37.9 Å². The van der Waals surface area contributed by atoms with Crippen LogP contribution in [0.25, 0.3) is 0 Å². The van der Waals surface area contributed by atoms with Crippen molar-refractivity contribution >= 4 is 23.4 Å². The zero-order valence-corrected chi connectivity index (χ0v) is 15.9. The van der Waals surface area contributed by atoms with Crippen molar-refractivity contribution in [1.82, 2.24) is 4.90 Å². The Labute approximate surface area is 158 Å². The zero-order valence-electron chi connectivity index (χ0n) is 15.2. The molecule has 0 bridgehead atoms. The molecule has 8 heteroatoms. The van der Waals surface area contributed by atoms with E-state index in [0.29, 0.717) is 5.75 Å². The van der Waals surface area contributed by atoms with E-state index in [1.807, 2.05) is 18.2 Å². The molecule has 0 fully saturated rings. The van der Waals surface area contributed by atoms with Gasteiger partial charge in [-0.15, -0.1) is 11.6 Å². The van der Waals surface area contributed by atoms with E-state index in [0.717, 1.165) is 0 Å².